The van der Waals surface area contributed by atoms with Gasteiger partial charge in [0.1, 0.15) is 0 Å². The normalized spacial score (nSPS) is 33.6. The van der Waals surface area contributed by atoms with Crippen LogP contribution in [0, 0.1) is 11.8 Å². The highest BCUT2D eigenvalue weighted by molar-refractivity contribution is 5.76. The van der Waals surface area contributed by atoms with Gasteiger partial charge in [0.15, 0.2) is 5.60 Å². The number of carbonyl (C=O) groups is 1. The van der Waals surface area contributed by atoms with Gasteiger partial charge in [-0.25, -0.2) is 4.79 Å². The Bertz CT molecular complexity index is 253. The lowest BCUT2D eigenvalue weighted by molar-refractivity contribution is -0.156. The molecule has 0 saturated heterocycles. The van der Waals surface area contributed by atoms with Crippen molar-refractivity contribution < 1.29 is 15.0 Å². The first-order valence-corrected chi connectivity index (χ1v) is 6.07. The minimum atomic E-state index is -1.66. The Morgan fingerprint density at radius 3 is 2.56 bits per heavy atom. The molecule has 4 atom stereocenters. The van der Waals surface area contributed by atoms with Crippen LogP contribution in [0.4, 0.5) is 0 Å². The van der Waals surface area contributed by atoms with Gasteiger partial charge < -0.3 is 15.5 Å². The number of aliphatic hydroxyl groups is 1. The van der Waals surface area contributed by atoms with Crippen molar-refractivity contribution >= 4 is 5.97 Å². The highest BCUT2D eigenvalue weighted by Gasteiger charge is 2.35. The molecule has 0 aromatic rings. The fraction of sp³-hybridized carbons (Fsp3) is 0.917. The van der Waals surface area contributed by atoms with Gasteiger partial charge in [0.2, 0.25) is 0 Å². The lowest BCUT2D eigenvalue weighted by Gasteiger charge is -2.25. The Kier molecular flexibility index (Phi) is 4.33. The molecule has 0 aromatic heterocycles. The zero-order valence-electron chi connectivity index (χ0n) is 10.4. The number of carboxylic acids is 1. The molecule has 1 rings (SSSR count). The van der Waals surface area contributed by atoms with E-state index in [1.807, 2.05) is 0 Å². The van der Waals surface area contributed by atoms with Crippen molar-refractivity contribution in [3.05, 3.63) is 0 Å². The smallest absolute Gasteiger partial charge is 0.336 e. The molecule has 0 aliphatic heterocycles. The molecule has 0 bridgehead atoms. The predicted molar refractivity (Wildman–Crippen MR) is 62.2 cm³/mol. The Morgan fingerprint density at radius 2 is 2.12 bits per heavy atom. The molecule has 1 aliphatic rings. The summed E-state index contributed by atoms with van der Waals surface area (Å²) in [7, 11) is 0. The summed E-state index contributed by atoms with van der Waals surface area (Å²) in [6.45, 7) is 5.85. The largest absolute Gasteiger partial charge is 0.479 e. The lowest BCUT2D eigenvalue weighted by atomic mass is 9.93. The fourth-order valence-electron chi connectivity index (χ4n) is 2.52. The molecular weight excluding hydrogens is 206 g/mol. The summed E-state index contributed by atoms with van der Waals surface area (Å²) >= 11 is 0. The number of aliphatic carboxylic acids is 1. The summed E-state index contributed by atoms with van der Waals surface area (Å²) in [4.78, 5) is 10.7. The van der Waals surface area contributed by atoms with E-state index in [1.54, 1.807) is 0 Å². The number of nitrogens with one attached hydrogen (secondary N) is 1. The third-order valence-electron chi connectivity index (χ3n) is 3.92. The van der Waals surface area contributed by atoms with Gasteiger partial charge in [-0.3, -0.25) is 0 Å². The van der Waals surface area contributed by atoms with E-state index >= 15 is 0 Å². The van der Waals surface area contributed by atoms with Crippen LogP contribution >= 0.6 is 0 Å². The van der Waals surface area contributed by atoms with Gasteiger partial charge in [-0.2, -0.15) is 0 Å². The van der Waals surface area contributed by atoms with Crippen molar-refractivity contribution in [2.45, 2.75) is 51.7 Å². The van der Waals surface area contributed by atoms with Gasteiger partial charge in [-0.05, 0) is 31.6 Å². The van der Waals surface area contributed by atoms with E-state index in [0.717, 1.165) is 12.3 Å². The number of hydrogen-bond donors (Lipinski definition) is 3. The van der Waals surface area contributed by atoms with Gasteiger partial charge in [-0.15, -0.1) is 0 Å². The molecule has 4 unspecified atom stereocenters. The first-order chi connectivity index (χ1) is 7.38. The SMILES string of the molecule is CCC1CCC(NCC(C)(O)C(=O)O)C1C. The maximum atomic E-state index is 10.7. The van der Waals surface area contributed by atoms with Gasteiger partial charge in [0.05, 0.1) is 0 Å². The van der Waals surface area contributed by atoms with E-state index in [0.29, 0.717) is 12.0 Å². The minimum absolute atomic E-state index is 0.119. The maximum Gasteiger partial charge on any atom is 0.336 e. The van der Waals surface area contributed by atoms with Crippen LogP contribution in [-0.2, 0) is 4.79 Å². The molecule has 16 heavy (non-hydrogen) atoms. The average molecular weight is 229 g/mol. The van der Waals surface area contributed by atoms with Crippen LogP contribution < -0.4 is 5.32 Å². The zero-order chi connectivity index (χ0) is 12.3. The highest BCUT2D eigenvalue weighted by Crippen LogP contribution is 2.33. The van der Waals surface area contributed by atoms with E-state index < -0.39 is 11.6 Å². The molecule has 0 spiro atoms. The molecule has 1 aliphatic carbocycles. The molecular formula is C12H23NO3. The molecule has 0 radical (unpaired) electrons. The first-order valence-electron chi connectivity index (χ1n) is 6.07. The second-order valence-corrected chi connectivity index (χ2v) is 5.17. The predicted octanol–water partition coefficient (Wildman–Crippen LogP) is 1.24. The van der Waals surface area contributed by atoms with E-state index in [1.165, 1.54) is 19.8 Å². The van der Waals surface area contributed by atoms with Crippen LogP contribution in [0.5, 0.6) is 0 Å². The fourth-order valence-corrected chi connectivity index (χ4v) is 2.52. The monoisotopic (exact) mass is 229 g/mol. The Labute approximate surface area is 97.0 Å². The second kappa shape index (κ2) is 5.15. The Morgan fingerprint density at radius 1 is 1.50 bits per heavy atom. The molecule has 1 fully saturated rings. The minimum Gasteiger partial charge on any atom is -0.479 e. The Balaban J connectivity index is 2.42. The molecule has 1 saturated carbocycles. The molecule has 94 valence electrons. The van der Waals surface area contributed by atoms with Gasteiger partial charge in [0, 0.05) is 12.6 Å². The maximum absolute atomic E-state index is 10.7. The first kappa shape index (κ1) is 13.5. The van der Waals surface area contributed by atoms with Gasteiger partial charge in [-0.1, -0.05) is 20.3 Å². The zero-order valence-corrected chi connectivity index (χ0v) is 10.4. The molecule has 0 heterocycles. The molecule has 0 aromatic carbocycles. The van der Waals surface area contributed by atoms with Crippen molar-refractivity contribution in [3.8, 4) is 0 Å². The summed E-state index contributed by atoms with van der Waals surface area (Å²) in [5, 5.41) is 21.6. The summed E-state index contributed by atoms with van der Waals surface area (Å²) < 4.78 is 0. The molecule has 4 heteroatoms. The van der Waals surface area contributed by atoms with Crippen LogP contribution in [0.2, 0.25) is 0 Å². The van der Waals surface area contributed by atoms with Crippen LogP contribution in [0.3, 0.4) is 0 Å². The van der Waals surface area contributed by atoms with Crippen LogP contribution in [0.15, 0.2) is 0 Å². The summed E-state index contributed by atoms with van der Waals surface area (Å²) in [6.07, 6.45) is 3.45. The Hall–Kier alpha value is -0.610. The summed E-state index contributed by atoms with van der Waals surface area (Å²) in [6, 6.07) is 0.343. The number of carboxylic acid groups (broad SMARTS) is 1. The summed E-state index contributed by atoms with van der Waals surface area (Å²) in [5.41, 5.74) is -1.66. The molecule has 4 nitrogen and oxygen atoms in total. The second-order valence-electron chi connectivity index (χ2n) is 5.17. The van der Waals surface area contributed by atoms with E-state index in [4.69, 9.17) is 5.11 Å². The van der Waals surface area contributed by atoms with Crippen LogP contribution in [0.25, 0.3) is 0 Å². The van der Waals surface area contributed by atoms with E-state index in [2.05, 4.69) is 19.2 Å². The molecule has 0 amide bonds. The third-order valence-corrected chi connectivity index (χ3v) is 3.92. The van der Waals surface area contributed by atoms with Crippen molar-refractivity contribution in [1.82, 2.24) is 5.32 Å². The van der Waals surface area contributed by atoms with Gasteiger partial charge >= 0.3 is 5.97 Å². The summed E-state index contributed by atoms with van der Waals surface area (Å²) in [5.74, 6) is 0.125. The van der Waals surface area contributed by atoms with E-state index in [-0.39, 0.29) is 6.54 Å². The van der Waals surface area contributed by atoms with Crippen molar-refractivity contribution in [3.63, 3.8) is 0 Å². The highest BCUT2D eigenvalue weighted by atomic mass is 16.4. The standard InChI is InChI=1S/C12H23NO3/c1-4-9-5-6-10(8(9)2)13-7-12(3,16)11(14)15/h8-10,13,16H,4-7H2,1-3H3,(H,14,15). The number of hydrogen-bond acceptors (Lipinski definition) is 3. The lowest BCUT2D eigenvalue weighted by Crippen LogP contribution is -2.48. The van der Waals surface area contributed by atoms with Gasteiger partial charge in [0.25, 0.3) is 0 Å². The third kappa shape index (κ3) is 2.95. The topological polar surface area (TPSA) is 69.6 Å². The van der Waals surface area contributed by atoms with Crippen LogP contribution in [0.1, 0.15) is 40.0 Å². The van der Waals surface area contributed by atoms with Crippen molar-refractivity contribution in [2.75, 3.05) is 6.54 Å². The average Bonchev–Trinajstić information content (AvgIpc) is 2.56. The van der Waals surface area contributed by atoms with Crippen molar-refractivity contribution in [1.29, 1.82) is 0 Å². The van der Waals surface area contributed by atoms with Crippen LogP contribution in [-0.4, -0.2) is 34.4 Å². The molecule has 3 N–H and O–H groups in total. The van der Waals surface area contributed by atoms with E-state index in [9.17, 15) is 9.90 Å². The van der Waals surface area contributed by atoms with Crippen molar-refractivity contribution in [2.24, 2.45) is 11.8 Å². The number of rotatable bonds is 5. The quantitative estimate of drug-likeness (QED) is 0.663.